The zero-order valence-corrected chi connectivity index (χ0v) is 14.2. The average Bonchev–Trinajstić information content (AvgIpc) is 3.39. The number of pyridine rings is 1. The molecule has 1 saturated carbocycles. The Morgan fingerprint density at radius 1 is 1.24 bits per heavy atom. The first-order chi connectivity index (χ1) is 12.2. The van der Waals surface area contributed by atoms with E-state index in [0.717, 1.165) is 25.3 Å². The average molecular weight is 344 g/mol. The van der Waals surface area contributed by atoms with E-state index < -0.39 is 0 Å². The van der Waals surface area contributed by atoms with Crippen LogP contribution in [0.15, 0.2) is 24.5 Å². The molecule has 1 aliphatic heterocycles. The van der Waals surface area contributed by atoms with Crippen molar-refractivity contribution in [1.82, 2.24) is 15.0 Å². The Kier molecular flexibility index (Phi) is 4.38. The summed E-state index contributed by atoms with van der Waals surface area (Å²) in [7, 11) is 1.53. The summed E-state index contributed by atoms with van der Waals surface area (Å²) in [6.45, 7) is 2.10. The summed E-state index contributed by atoms with van der Waals surface area (Å²) in [6, 6.07) is 3.44. The van der Waals surface area contributed by atoms with Gasteiger partial charge in [0.1, 0.15) is 5.82 Å². The van der Waals surface area contributed by atoms with Crippen LogP contribution in [0.1, 0.15) is 31.0 Å². The molecule has 0 bridgehead atoms. The molecular weight excluding hydrogens is 323 g/mol. The Labute approximate surface area is 146 Å². The fourth-order valence-electron chi connectivity index (χ4n) is 3.13. The maximum absolute atomic E-state index is 14.1. The molecule has 1 saturated heterocycles. The third-order valence-corrected chi connectivity index (χ3v) is 4.70. The van der Waals surface area contributed by atoms with Crippen LogP contribution in [0.25, 0.3) is 0 Å². The van der Waals surface area contributed by atoms with Gasteiger partial charge < -0.3 is 14.4 Å². The van der Waals surface area contributed by atoms with E-state index in [4.69, 9.17) is 9.47 Å². The molecule has 0 radical (unpaired) electrons. The largest absolute Gasteiger partial charge is 0.481 e. The van der Waals surface area contributed by atoms with E-state index in [1.807, 2.05) is 4.90 Å². The van der Waals surface area contributed by atoms with Gasteiger partial charge in [-0.1, -0.05) is 0 Å². The molecule has 2 aliphatic rings. The predicted octanol–water partition coefficient (Wildman–Crippen LogP) is 2.80. The fourth-order valence-corrected chi connectivity index (χ4v) is 3.13. The van der Waals surface area contributed by atoms with Crippen molar-refractivity contribution < 1.29 is 13.9 Å². The Hall–Kier alpha value is -2.44. The molecule has 0 spiro atoms. The second-order valence-corrected chi connectivity index (χ2v) is 6.62. The van der Waals surface area contributed by atoms with Crippen molar-refractivity contribution in [3.63, 3.8) is 0 Å². The molecule has 3 heterocycles. The molecule has 25 heavy (non-hydrogen) atoms. The monoisotopic (exact) mass is 344 g/mol. The molecule has 4 rings (SSSR count). The first-order valence-corrected chi connectivity index (χ1v) is 8.63. The van der Waals surface area contributed by atoms with Crippen LogP contribution in [0.4, 0.5) is 10.1 Å². The van der Waals surface area contributed by atoms with Gasteiger partial charge >= 0.3 is 0 Å². The molecular formula is C18H21FN4O2. The molecule has 1 aliphatic carbocycles. The van der Waals surface area contributed by atoms with E-state index >= 15 is 0 Å². The van der Waals surface area contributed by atoms with Crippen molar-refractivity contribution >= 4 is 5.69 Å². The minimum absolute atomic E-state index is 0.327. The number of nitrogens with zero attached hydrogens (tertiary/aromatic N) is 4. The molecule has 2 aromatic rings. The smallest absolute Gasteiger partial charge is 0.216 e. The molecule has 132 valence electrons. The summed E-state index contributed by atoms with van der Waals surface area (Å²) in [6.07, 6.45) is 6.25. The first kappa shape index (κ1) is 16.1. The van der Waals surface area contributed by atoms with Gasteiger partial charge in [-0.3, -0.25) is 0 Å². The van der Waals surface area contributed by atoms with Crippen molar-refractivity contribution in [3.05, 3.63) is 36.2 Å². The van der Waals surface area contributed by atoms with E-state index in [9.17, 15) is 4.39 Å². The van der Waals surface area contributed by atoms with Crippen LogP contribution in [0.3, 0.4) is 0 Å². The zero-order chi connectivity index (χ0) is 17.2. The standard InChI is InChI=1S/C18H21FN4O2/c1-24-17-8-15(14(19)9-21-17)23-7-5-12(10-23)11-25-16-4-6-20-18(22-16)13-2-3-13/h4,6,8-9,12-13H,2-3,5,7,10-11H2,1H3. The van der Waals surface area contributed by atoms with Crippen molar-refractivity contribution in [2.24, 2.45) is 5.92 Å². The number of halogens is 1. The topological polar surface area (TPSA) is 60.4 Å². The maximum atomic E-state index is 14.1. The number of hydrogen-bond donors (Lipinski definition) is 0. The predicted molar refractivity (Wildman–Crippen MR) is 90.6 cm³/mol. The highest BCUT2D eigenvalue weighted by Gasteiger charge is 2.28. The maximum Gasteiger partial charge on any atom is 0.216 e. The minimum Gasteiger partial charge on any atom is -0.481 e. The van der Waals surface area contributed by atoms with Crippen LogP contribution in [0.2, 0.25) is 0 Å². The number of ether oxygens (including phenoxy) is 2. The Morgan fingerprint density at radius 3 is 2.92 bits per heavy atom. The lowest BCUT2D eigenvalue weighted by atomic mass is 10.1. The van der Waals surface area contributed by atoms with Gasteiger partial charge in [-0.15, -0.1) is 0 Å². The van der Waals surface area contributed by atoms with Gasteiger partial charge in [0, 0.05) is 43.3 Å². The minimum atomic E-state index is -0.327. The van der Waals surface area contributed by atoms with Gasteiger partial charge in [0.2, 0.25) is 11.8 Å². The summed E-state index contributed by atoms with van der Waals surface area (Å²) in [5, 5.41) is 0. The Bertz CT molecular complexity index is 754. The van der Waals surface area contributed by atoms with Crippen molar-refractivity contribution in [2.75, 3.05) is 31.7 Å². The molecule has 1 unspecified atom stereocenters. The van der Waals surface area contributed by atoms with Crippen molar-refractivity contribution in [3.8, 4) is 11.8 Å². The molecule has 6 nitrogen and oxygen atoms in total. The molecule has 1 atom stereocenters. The van der Waals surface area contributed by atoms with Crippen LogP contribution in [0.5, 0.6) is 11.8 Å². The Morgan fingerprint density at radius 2 is 2.12 bits per heavy atom. The van der Waals surface area contributed by atoms with Gasteiger partial charge in [-0.25, -0.2) is 14.4 Å². The molecule has 2 fully saturated rings. The number of hydrogen-bond acceptors (Lipinski definition) is 6. The number of methoxy groups -OCH3 is 1. The second kappa shape index (κ2) is 6.82. The molecule has 0 amide bonds. The fraction of sp³-hybridized carbons (Fsp3) is 0.500. The lowest BCUT2D eigenvalue weighted by Crippen LogP contribution is -2.23. The van der Waals surface area contributed by atoms with E-state index in [2.05, 4.69) is 15.0 Å². The molecule has 2 aromatic heterocycles. The highest BCUT2D eigenvalue weighted by molar-refractivity contribution is 5.50. The third kappa shape index (κ3) is 3.65. The van der Waals surface area contributed by atoms with Crippen LogP contribution >= 0.6 is 0 Å². The van der Waals surface area contributed by atoms with Crippen LogP contribution < -0.4 is 14.4 Å². The van der Waals surface area contributed by atoms with Gasteiger partial charge in [0.15, 0.2) is 5.82 Å². The van der Waals surface area contributed by atoms with E-state index in [-0.39, 0.29) is 5.82 Å². The SMILES string of the molecule is COc1cc(N2CCC(COc3ccnc(C4CC4)n3)C2)c(F)cn1. The van der Waals surface area contributed by atoms with Gasteiger partial charge in [-0.2, -0.15) is 4.98 Å². The normalized spacial score (nSPS) is 19.9. The van der Waals surface area contributed by atoms with Gasteiger partial charge in [0.25, 0.3) is 0 Å². The van der Waals surface area contributed by atoms with Crippen molar-refractivity contribution in [2.45, 2.75) is 25.2 Å². The second-order valence-electron chi connectivity index (χ2n) is 6.62. The summed E-state index contributed by atoms with van der Waals surface area (Å²) in [4.78, 5) is 14.7. The number of anilines is 1. The summed E-state index contributed by atoms with van der Waals surface area (Å²) >= 11 is 0. The van der Waals surface area contributed by atoms with Gasteiger partial charge in [0.05, 0.1) is 25.6 Å². The van der Waals surface area contributed by atoms with Crippen LogP contribution in [-0.4, -0.2) is 41.8 Å². The summed E-state index contributed by atoms with van der Waals surface area (Å²) in [5.74, 6) is 2.45. The molecule has 7 heteroatoms. The molecule has 0 N–H and O–H groups in total. The highest BCUT2D eigenvalue weighted by atomic mass is 19.1. The van der Waals surface area contributed by atoms with Crippen LogP contribution in [0, 0.1) is 11.7 Å². The zero-order valence-electron chi connectivity index (χ0n) is 14.2. The molecule has 0 aromatic carbocycles. The van der Waals surface area contributed by atoms with Gasteiger partial charge in [-0.05, 0) is 19.3 Å². The third-order valence-electron chi connectivity index (χ3n) is 4.70. The van der Waals surface area contributed by atoms with Crippen LogP contribution in [-0.2, 0) is 0 Å². The van der Waals surface area contributed by atoms with E-state index in [0.29, 0.717) is 35.9 Å². The first-order valence-electron chi connectivity index (χ1n) is 8.63. The Balaban J connectivity index is 1.36. The number of rotatable bonds is 6. The summed E-state index contributed by atoms with van der Waals surface area (Å²) in [5.41, 5.74) is 0.535. The lowest BCUT2D eigenvalue weighted by Gasteiger charge is -2.19. The summed E-state index contributed by atoms with van der Waals surface area (Å²) < 4.78 is 25.0. The van der Waals surface area contributed by atoms with E-state index in [1.54, 1.807) is 18.3 Å². The quantitative estimate of drug-likeness (QED) is 0.803. The lowest BCUT2D eigenvalue weighted by molar-refractivity contribution is 0.251. The number of aromatic nitrogens is 3. The highest BCUT2D eigenvalue weighted by Crippen LogP contribution is 2.38. The van der Waals surface area contributed by atoms with Crippen molar-refractivity contribution in [1.29, 1.82) is 0 Å². The van der Waals surface area contributed by atoms with E-state index in [1.165, 1.54) is 26.1 Å².